The molecule has 0 bridgehead atoms. The summed E-state index contributed by atoms with van der Waals surface area (Å²) >= 11 is 0. The molecule has 0 spiro atoms. The molecule has 1 saturated heterocycles. The summed E-state index contributed by atoms with van der Waals surface area (Å²) in [7, 11) is 0. The number of carbonyl (C=O) groups excluding carboxylic acids is 1. The van der Waals surface area contributed by atoms with Gasteiger partial charge < -0.3 is 10.0 Å². The van der Waals surface area contributed by atoms with Crippen LogP contribution in [0.4, 0.5) is 0 Å². The van der Waals surface area contributed by atoms with Gasteiger partial charge in [-0.2, -0.15) is 0 Å². The van der Waals surface area contributed by atoms with Crippen molar-refractivity contribution >= 4 is 11.9 Å². The minimum absolute atomic E-state index is 0.132. The fourth-order valence-electron chi connectivity index (χ4n) is 2.51. The van der Waals surface area contributed by atoms with Crippen molar-refractivity contribution in [1.29, 1.82) is 0 Å². The molecule has 1 aliphatic rings. The third-order valence-electron chi connectivity index (χ3n) is 3.89. The van der Waals surface area contributed by atoms with Crippen LogP contribution in [0.15, 0.2) is 18.5 Å². The molecule has 0 saturated carbocycles. The first-order valence-electron chi connectivity index (χ1n) is 6.43. The number of hydrogen-bond donors (Lipinski definition) is 1. The maximum atomic E-state index is 12.3. The van der Waals surface area contributed by atoms with Crippen LogP contribution in [-0.2, 0) is 4.79 Å². The van der Waals surface area contributed by atoms with Crippen molar-refractivity contribution in [3.63, 3.8) is 0 Å². The van der Waals surface area contributed by atoms with Crippen LogP contribution < -0.4 is 0 Å². The second-order valence-corrected chi connectivity index (χ2v) is 5.17. The van der Waals surface area contributed by atoms with Crippen molar-refractivity contribution in [3.05, 3.63) is 29.6 Å². The summed E-state index contributed by atoms with van der Waals surface area (Å²) < 4.78 is 0. The number of rotatable bonds is 3. The normalized spacial score (nSPS) is 22.5. The lowest BCUT2D eigenvalue weighted by Gasteiger charge is -2.23. The van der Waals surface area contributed by atoms with Crippen LogP contribution >= 0.6 is 0 Å². The lowest BCUT2D eigenvalue weighted by atomic mass is 9.84. The monoisotopic (exact) mass is 262 g/mol. The van der Waals surface area contributed by atoms with Gasteiger partial charge in [-0.1, -0.05) is 6.92 Å². The quantitative estimate of drug-likeness (QED) is 0.900. The maximum absolute atomic E-state index is 12.3. The summed E-state index contributed by atoms with van der Waals surface area (Å²) in [6.07, 6.45) is 4.28. The Balaban J connectivity index is 2.17. The number of pyridine rings is 1. The van der Waals surface area contributed by atoms with Gasteiger partial charge in [0.1, 0.15) is 0 Å². The van der Waals surface area contributed by atoms with Crippen molar-refractivity contribution in [2.45, 2.75) is 26.7 Å². The summed E-state index contributed by atoms with van der Waals surface area (Å²) in [4.78, 5) is 29.3. The van der Waals surface area contributed by atoms with Gasteiger partial charge >= 0.3 is 5.97 Å². The zero-order valence-electron chi connectivity index (χ0n) is 11.2. The van der Waals surface area contributed by atoms with E-state index in [2.05, 4.69) is 4.98 Å². The molecule has 1 aliphatic heterocycles. The highest BCUT2D eigenvalue weighted by Gasteiger charge is 2.44. The van der Waals surface area contributed by atoms with Crippen molar-refractivity contribution < 1.29 is 14.7 Å². The predicted molar refractivity (Wildman–Crippen MR) is 69.9 cm³/mol. The zero-order chi connectivity index (χ0) is 14.0. The SMILES string of the molecule is CCC1(C(=O)O)CCN(C(=O)c2cncc(C)c2)C1. The number of carbonyl (C=O) groups is 2. The van der Waals surface area contributed by atoms with Crippen LogP contribution in [0.2, 0.25) is 0 Å². The highest BCUT2D eigenvalue weighted by atomic mass is 16.4. The number of amides is 1. The molecule has 1 aromatic rings. The van der Waals surface area contributed by atoms with E-state index in [0.717, 1.165) is 5.56 Å². The molecule has 5 heteroatoms. The Morgan fingerprint density at radius 3 is 2.74 bits per heavy atom. The van der Waals surface area contributed by atoms with E-state index in [0.29, 0.717) is 24.9 Å². The smallest absolute Gasteiger partial charge is 0.311 e. The lowest BCUT2D eigenvalue weighted by Crippen LogP contribution is -2.36. The summed E-state index contributed by atoms with van der Waals surface area (Å²) in [6, 6.07) is 1.78. The molecular weight excluding hydrogens is 244 g/mol. The predicted octanol–water partition coefficient (Wildman–Crippen LogP) is 1.72. The molecular formula is C14H18N2O3. The summed E-state index contributed by atoms with van der Waals surface area (Å²) in [6.45, 7) is 4.51. The van der Waals surface area contributed by atoms with Crippen LogP contribution in [0.25, 0.3) is 0 Å². The van der Waals surface area contributed by atoms with Crippen molar-refractivity contribution in [2.24, 2.45) is 5.41 Å². The highest BCUT2D eigenvalue weighted by Crippen LogP contribution is 2.34. The van der Waals surface area contributed by atoms with Gasteiger partial charge in [0, 0.05) is 25.5 Å². The number of nitrogens with zero attached hydrogens (tertiary/aromatic N) is 2. The fourth-order valence-corrected chi connectivity index (χ4v) is 2.51. The lowest BCUT2D eigenvalue weighted by molar-refractivity contribution is -0.148. The molecule has 1 N–H and O–H groups in total. The van der Waals surface area contributed by atoms with Crippen LogP contribution in [-0.4, -0.2) is 40.0 Å². The van der Waals surface area contributed by atoms with E-state index in [1.165, 1.54) is 6.20 Å². The third kappa shape index (κ3) is 2.45. The van der Waals surface area contributed by atoms with Crippen molar-refractivity contribution in [1.82, 2.24) is 9.88 Å². The zero-order valence-corrected chi connectivity index (χ0v) is 11.2. The minimum atomic E-state index is -0.812. The molecule has 2 rings (SSSR count). The molecule has 1 amide bonds. The van der Waals surface area contributed by atoms with Crippen LogP contribution in [0.1, 0.15) is 35.7 Å². The van der Waals surface area contributed by atoms with Gasteiger partial charge in [-0.05, 0) is 31.4 Å². The van der Waals surface area contributed by atoms with Gasteiger partial charge in [0.15, 0.2) is 0 Å². The van der Waals surface area contributed by atoms with E-state index in [1.54, 1.807) is 17.2 Å². The Hall–Kier alpha value is -1.91. The van der Waals surface area contributed by atoms with Gasteiger partial charge in [0.2, 0.25) is 0 Å². The Bertz CT molecular complexity index is 515. The summed E-state index contributed by atoms with van der Waals surface area (Å²) in [5.41, 5.74) is 0.662. The number of aliphatic carboxylic acids is 1. The molecule has 1 aromatic heterocycles. The molecule has 102 valence electrons. The molecule has 0 radical (unpaired) electrons. The van der Waals surface area contributed by atoms with E-state index < -0.39 is 11.4 Å². The van der Waals surface area contributed by atoms with Crippen molar-refractivity contribution in [2.75, 3.05) is 13.1 Å². The molecule has 1 fully saturated rings. The number of hydrogen-bond acceptors (Lipinski definition) is 3. The van der Waals surface area contributed by atoms with Crippen LogP contribution in [0.3, 0.4) is 0 Å². The highest BCUT2D eigenvalue weighted by molar-refractivity contribution is 5.95. The average molecular weight is 262 g/mol. The topological polar surface area (TPSA) is 70.5 Å². The maximum Gasteiger partial charge on any atom is 0.311 e. The second kappa shape index (κ2) is 4.99. The Labute approximate surface area is 112 Å². The first-order valence-corrected chi connectivity index (χ1v) is 6.43. The molecule has 1 unspecified atom stereocenters. The largest absolute Gasteiger partial charge is 0.481 e. The minimum Gasteiger partial charge on any atom is -0.481 e. The first-order chi connectivity index (χ1) is 8.98. The van der Waals surface area contributed by atoms with Gasteiger partial charge in [-0.3, -0.25) is 14.6 Å². The van der Waals surface area contributed by atoms with Gasteiger partial charge in [0.25, 0.3) is 5.91 Å². The summed E-state index contributed by atoms with van der Waals surface area (Å²) in [5, 5.41) is 9.33. The molecule has 1 atom stereocenters. The second-order valence-electron chi connectivity index (χ2n) is 5.17. The number of aromatic nitrogens is 1. The van der Waals surface area contributed by atoms with E-state index in [1.807, 2.05) is 13.8 Å². The molecule has 2 heterocycles. The van der Waals surface area contributed by atoms with E-state index in [-0.39, 0.29) is 12.5 Å². The number of likely N-dealkylation sites (tertiary alicyclic amines) is 1. The Morgan fingerprint density at radius 2 is 2.21 bits per heavy atom. The molecule has 19 heavy (non-hydrogen) atoms. The Morgan fingerprint density at radius 1 is 1.47 bits per heavy atom. The van der Waals surface area contributed by atoms with Crippen LogP contribution in [0, 0.1) is 12.3 Å². The van der Waals surface area contributed by atoms with Crippen molar-refractivity contribution in [3.8, 4) is 0 Å². The first kappa shape index (κ1) is 13.5. The molecule has 5 nitrogen and oxygen atoms in total. The van der Waals surface area contributed by atoms with Gasteiger partial charge in [-0.25, -0.2) is 0 Å². The molecule has 0 aromatic carbocycles. The average Bonchev–Trinajstić information content (AvgIpc) is 2.83. The van der Waals surface area contributed by atoms with E-state index in [4.69, 9.17) is 0 Å². The Kier molecular flexibility index (Phi) is 3.55. The summed E-state index contributed by atoms with van der Waals surface area (Å²) in [5.74, 6) is -0.944. The molecule has 0 aliphatic carbocycles. The number of carboxylic acids is 1. The number of aryl methyl sites for hydroxylation is 1. The third-order valence-corrected chi connectivity index (χ3v) is 3.89. The van der Waals surface area contributed by atoms with E-state index in [9.17, 15) is 14.7 Å². The van der Waals surface area contributed by atoms with Gasteiger partial charge in [0.05, 0.1) is 11.0 Å². The standard InChI is InChI=1S/C14H18N2O3/c1-3-14(13(18)19)4-5-16(9-14)12(17)11-6-10(2)7-15-8-11/h6-8H,3-5,9H2,1-2H3,(H,18,19). The van der Waals surface area contributed by atoms with Crippen LogP contribution in [0.5, 0.6) is 0 Å². The van der Waals surface area contributed by atoms with E-state index >= 15 is 0 Å². The van der Waals surface area contributed by atoms with Gasteiger partial charge in [-0.15, -0.1) is 0 Å². The number of carboxylic acid groups (broad SMARTS) is 1. The fraction of sp³-hybridized carbons (Fsp3) is 0.500.